The highest BCUT2D eigenvalue weighted by Gasteiger charge is 2.09. The van der Waals surface area contributed by atoms with Crippen molar-refractivity contribution in [2.45, 2.75) is 0 Å². The third-order valence-corrected chi connectivity index (χ3v) is 2.70. The summed E-state index contributed by atoms with van der Waals surface area (Å²) in [6.45, 7) is 0. The van der Waals surface area contributed by atoms with Crippen LogP contribution >= 0.6 is 0 Å². The molecule has 0 saturated heterocycles. The van der Waals surface area contributed by atoms with Gasteiger partial charge in [-0.2, -0.15) is 4.98 Å². The maximum Gasteiger partial charge on any atom is 0.229 e. The molecule has 0 aliphatic heterocycles. The average molecular weight is 222 g/mol. The van der Waals surface area contributed by atoms with Gasteiger partial charge in [0.25, 0.3) is 0 Å². The molecular weight excluding hydrogens is 216 g/mol. The second-order valence-electron chi connectivity index (χ2n) is 3.71. The highest BCUT2D eigenvalue weighted by molar-refractivity contribution is 6.05. The monoisotopic (exact) mass is 222 g/mol. The lowest BCUT2D eigenvalue weighted by molar-refractivity contribution is 0.655. The minimum atomic E-state index is 0.570. The van der Waals surface area contributed by atoms with Crippen LogP contribution in [-0.4, -0.2) is 19.9 Å². The first kappa shape index (κ1) is 8.58. The standard InChI is InChI=1S/C12H6N4O/c1-2-13-6-8-7-5-9-11(15-4-3-14-9)16-12(7)17-10(1)8/h1-6H. The summed E-state index contributed by atoms with van der Waals surface area (Å²) in [5.41, 5.74) is 2.69. The Labute approximate surface area is 95.1 Å². The van der Waals surface area contributed by atoms with Gasteiger partial charge in [0.2, 0.25) is 5.71 Å². The molecule has 80 valence electrons. The fraction of sp³-hybridized carbons (Fsp3) is 0. The Balaban J connectivity index is 2.28. The van der Waals surface area contributed by atoms with Crippen LogP contribution in [0.5, 0.6) is 0 Å². The predicted octanol–water partition coefficient (Wildman–Crippen LogP) is 2.32. The van der Waals surface area contributed by atoms with E-state index in [1.807, 2.05) is 12.1 Å². The molecule has 4 heterocycles. The fourth-order valence-electron chi connectivity index (χ4n) is 1.93. The number of fused-ring (bicyclic) bond motifs is 4. The zero-order chi connectivity index (χ0) is 11.2. The number of rotatable bonds is 0. The van der Waals surface area contributed by atoms with Gasteiger partial charge in [-0.3, -0.25) is 9.97 Å². The summed E-state index contributed by atoms with van der Waals surface area (Å²) < 4.78 is 5.64. The molecule has 0 N–H and O–H groups in total. The van der Waals surface area contributed by atoms with E-state index in [0.717, 1.165) is 21.9 Å². The molecule has 0 aliphatic rings. The Morgan fingerprint density at radius 3 is 2.94 bits per heavy atom. The van der Waals surface area contributed by atoms with Crippen LogP contribution in [0.3, 0.4) is 0 Å². The molecule has 4 rings (SSSR count). The summed E-state index contributed by atoms with van der Waals surface area (Å²) in [6, 6.07) is 3.75. The van der Waals surface area contributed by atoms with Gasteiger partial charge in [0.1, 0.15) is 11.1 Å². The lowest BCUT2D eigenvalue weighted by Gasteiger charge is -1.93. The van der Waals surface area contributed by atoms with Crippen LogP contribution in [0.25, 0.3) is 33.2 Å². The Kier molecular flexibility index (Phi) is 1.50. The van der Waals surface area contributed by atoms with E-state index in [0.29, 0.717) is 11.4 Å². The van der Waals surface area contributed by atoms with Crippen molar-refractivity contribution in [2.24, 2.45) is 0 Å². The second kappa shape index (κ2) is 2.98. The number of nitrogens with zero attached hydrogens (tertiary/aromatic N) is 4. The number of furan rings is 1. The molecule has 4 aromatic heterocycles. The third kappa shape index (κ3) is 1.13. The Morgan fingerprint density at radius 1 is 1.00 bits per heavy atom. The second-order valence-corrected chi connectivity index (χ2v) is 3.71. The molecule has 0 radical (unpaired) electrons. The predicted molar refractivity (Wildman–Crippen MR) is 62.4 cm³/mol. The molecule has 0 spiro atoms. The van der Waals surface area contributed by atoms with Gasteiger partial charge >= 0.3 is 0 Å². The van der Waals surface area contributed by atoms with Gasteiger partial charge < -0.3 is 4.42 Å². The van der Waals surface area contributed by atoms with E-state index in [2.05, 4.69) is 19.9 Å². The molecule has 0 aromatic carbocycles. The quantitative estimate of drug-likeness (QED) is 0.456. The van der Waals surface area contributed by atoms with Crippen molar-refractivity contribution in [1.29, 1.82) is 0 Å². The lowest BCUT2D eigenvalue weighted by Crippen LogP contribution is -1.85. The first-order chi connectivity index (χ1) is 8.42. The molecular formula is C12H6N4O. The Bertz CT molecular complexity index is 847. The molecule has 4 aromatic rings. The molecule has 5 heteroatoms. The van der Waals surface area contributed by atoms with Gasteiger partial charge in [0.05, 0.1) is 5.39 Å². The summed E-state index contributed by atoms with van der Waals surface area (Å²) in [4.78, 5) is 16.8. The summed E-state index contributed by atoms with van der Waals surface area (Å²) in [5, 5.41) is 1.86. The van der Waals surface area contributed by atoms with Crippen molar-refractivity contribution >= 4 is 33.2 Å². The zero-order valence-corrected chi connectivity index (χ0v) is 8.66. The van der Waals surface area contributed by atoms with Gasteiger partial charge in [-0.05, 0) is 12.1 Å². The van der Waals surface area contributed by atoms with Crippen molar-refractivity contribution in [3.63, 3.8) is 0 Å². The zero-order valence-electron chi connectivity index (χ0n) is 8.66. The van der Waals surface area contributed by atoms with Gasteiger partial charge in [-0.15, -0.1) is 0 Å². The maximum absolute atomic E-state index is 5.64. The van der Waals surface area contributed by atoms with Crippen LogP contribution in [0, 0.1) is 0 Å². The molecule has 0 amide bonds. The van der Waals surface area contributed by atoms with Crippen molar-refractivity contribution in [3.05, 3.63) is 36.9 Å². The van der Waals surface area contributed by atoms with Crippen molar-refractivity contribution < 1.29 is 4.42 Å². The largest absolute Gasteiger partial charge is 0.438 e. The lowest BCUT2D eigenvalue weighted by atomic mass is 10.2. The van der Waals surface area contributed by atoms with Gasteiger partial charge in [0.15, 0.2) is 5.65 Å². The number of aromatic nitrogens is 4. The topological polar surface area (TPSA) is 64.7 Å². The minimum Gasteiger partial charge on any atom is -0.438 e. The molecule has 5 nitrogen and oxygen atoms in total. The number of hydrogen-bond donors (Lipinski definition) is 0. The molecule has 0 bridgehead atoms. The molecule has 0 atom stereocenters. The molecule has 0 saturated carbocycles. The van der Waals surface area contributed by atoms with Gasteiger partial charge in [-0.25, -0.2) is 4.98 Å². The maximum atomic E-state index is 5.64. The van der Waals surface area contributed by atoms with E-state index in [4.69, 9.17) is 4.42 Å². The Hall–Kier alpha value is -2.56. The van der Waals surface area contributed by atoms with Crippen LogP contribution in [-0.2, 0) is 0 Å². The molecule has 17 heavy (non-hydrogen) atoms. The van der Waals surface area contributed by atoms with E-state index in [1.54, 1.807) is 24.8 Å². The first-order valence-corrected chi connectivity index (χ1v) is 5.16. The molecule has 0 fully saturated rings. The van der Waals surface area contributed by atoms with Crippen LogP contribution < -0.4 is 0 Å². The van der Waals surface area contributed by atoms with E-state index < -0.39 is 0 Å². The third-order valence-electron chi connectivity index (χ3n) is 2.70. The first-order valence-electron chi connectivity index (χ1n) is 5.16. The SMILES string of the molecule is c1cc2oc3nc4nccnc4cc3c2cn1. The fourth-order valence-corrected chi connectivity index (χ4v) is 1.93. The van der Waals surface area contributed by atoms with E-state index in [1.165, 1.54) is 0 Å². The summed E-state index contributed by atoms with van der Waals surface area (Å²) in [7, 11) is 0. The minimum absolute atomic E-state index is 0.570. The Morgan fingerprint density at radius 2 is 1.94 bits per heavy atom. The smallest absolute Gasteiger partial charge is 0.229 e. The summed E-state index contributed by atoms with van der Waals surface area (Å²) >= 11 is 0. The van der Waals surface area contributed by atoms with Crippen LogP contribution in [0.15, 0.2) is 41.3 Å². The van der Waals surface area contributed by atoms with Crippen LogP contribution in [0.4, 0.5) is 0 Å². The van der Waals surface area contributed by atoms with E-state index in [-0.39, 0.29) is 0 Å². The van der Waals surface area contributed by atoms with Crippen LogP contribution in [0.1, 0.15) is 0 Å². The normalized spacial score (nSPS) is 11.5. The van der Waals surface area contributed by atoms with Crippen molar-refractivity contribution in [2.75, 3.05) is 0 Å². The van der Waals surface area contributed by atoms with Gasteiger partial charge in [0, 0.05) is 30.2 Å². The van der Waals surface area contributed by atoms with E-state index in [9.17, 15) is 0 Å². The summed E-state index contributed by atoms with van der Waals surface area (Å²) in [6.07, 6.45) is 6.73. The van der Waals surface area contributed by atoms with Gasteiger partial charge in [-0.1, -0.05) is 0 Å². The average Bonchev–Trinajstić information content (AvgIpc) is 2.73. The van der Waals surface area contributed by atoms with Crippen LogP contribution in [0.2, 0.25) is 0 Å². The molecule has 0 unspecified atom stereocenters. The van der Waals surface area contributed by atoms with Crippen molar-refractivity contribution in [3.8, 4) is 0 Å². The number of hydrogen-bond acceptors (Lipinski definition) is 5. The van der Waals surface area contributed by atoms with Crippen molar-refractivity contribution in [1.82, 2.24) is 19.9 Å². The highest BCUT2D eigenvalue weighted by Crippen LogP contribution is 2.27. The number of pyridine rings is 2. The molecule has 0 aliphatic carbocycles. The summed E-state index contributed by atoms with van der Waals surface area (Å²) in [5.74, 6) is 0. The highest BCUT2D eigenvalue weighted by atomic mass is 16.3. The van der Waals surface area contributed by atoms with E-state index >= 15 is 0 Å².